The molecule has 0 saturated heterocycles. The second-order valence-corrected chi connectivity index (χ2v) is 6.99. The Kier molecular flexibility index (Phi) is 7.09. The van der Waals surface area contributed by atoms with Crippen molar-refractivity contribution in [3.63, 3.8) is 0 Å². The van der Waals surface area contributed by atoms with Gasteiger partial charge in [-0.2, -0.15) is 0 Å². The number of benzene rings is 1. The van der Waals surface area contributed by atoms with E-state index in [1.54, 1.807) is 12.1 Å². The molecule has 1 rings (SSSR count). The maximum atomic E-state index is 11.1. The summed E-state index contributed by atoms with van der Waals surface area (Å²) in [5, 5.41) is 9.16. The molecule has 21 heavy (non-hydrogen) atoms. The Morgan fingerprint density at radius 3 is 2.24 bits per heavy atom. The highest BCUT2D eigenvalue weighted by molar-refractivity contribution is 7.50. The van der Waals surface area contributed by atoms with Gasteiger partial charge in [0.1, 0.15) is 11.5 Å². The minimum Gasteiger partial charge on any atom is -0.810 e. The second-order valence-electron chi connectivity index (χ2n) is 5.29. The van der Waals surface area contributed by atoms with E-state index in [2.05, 4.69) is 0 Å². The lowest BCUT2D eigenvalue weighted by Crippen LogP contribution is -2.31. The molecule has 1 aromatic rings. The molecular formula is C15H21O5P-2. The molecule has 0 bridgehead atoms. The van der Waals surface area contributed by atoms with Gasteiger partial charge in [-0.1, -0.05) is 39.0 Å². The average molecular weight is 312 g/mol. The Morgan fingerprint density at radius 2 is 1.71 bits per heavy atom. The fourth-order valence-corrected chi connectivity index (χ4v) is 3.21. The summed E-state index contributed by atoms with van der Waals surface area (Å²) >= 11 is 0. The summed E-state index contributed by atoms with van der Waals surface area (Å²) in [5.41, 5.74) is -0.229. The SMILES string of the molecule is CC(=O)C(CCCCCCc1ccc(O)cc1)P(=O)([O-])[O-]. The van der Waals surface area contributed by atoms with Crippen LogP contribution < -0.4 is 9.79 Å². The number of phenols is 1. The van der Waals surface area contributed by atoms with Crippen LogP contribution in [0.15, 0.2) is 24.3 Å². The first-order valence-corrected chi connectivity index (χ1v) is 8.72. The van der Waals surface area contributed by atoms with Crippen molar-refractivity contribution in [2.45, 2.75) is 51.1 Å². The van der Waals surface area contributed by atoms with Gasteiger partial charge in [0, 0.05) is 5.66 Å². The first kappa shape index (κ1) is 17.9. The van der Waals surface area contributed by atoms with Gasteiger partial charge in [0.15, 0.2) is 0 Å². The Morgan fingerprint density at radius 1 is 1.14 bits per heavy atom. The Balaban J connectivity index is 2.21. The van der Waals surface area contributed by atoms with Crippen molar-refractivity contribution in [2.75, 3.05) is 0 Å². The maximum Gasteiger partial charge on any atom is 0.137 e. The number of aromatic hydroxyl groups is 1. The van der Waals surface area contributed by atoms with Gasteiger partial charge in [-0.25, -0.2) is 0 Å². The summed E-state index contributed by atoms with van der Waals surface area (Å²) in [6.45, 7) is 1.15. The fourth-order valence-electron chi connectivity index (χ4n) is 2.27. The Hall–Kier alpha value is -1.16. The summed E-state index contributed by atoms with van der Waals surface area (Å²) in [5.74, 6) is -0.318. The lowest BCUT2D eigenvalue weighted by Gasteiger charge is -2.36. The minimum absolute atomic E-state index is 0.124. The zero-order valence-electron chi connectivity index (χ0n) is 12.2. The number of Topliss-reactive ketones (excluding diaryl/α,β-unsaturated/α-hetero) is 1. The molecule has 0 aliphatic rings. The fraction of sp³-hybridized carbons (Fsp3) is 0.533. The zero-order valence-corrected chi connectivity index (χ0v) is 13.1. The van der Waals surface area contributed by atoms with Crippen molar-refractivity contribution in [3.05, 3.63) is 29.8 Å². The van der Waals surface area contributed by atoms with E-state index in [-0.39, 0.29) is 12.2 Å². The van der Waals surface area contributed by atoms with Crippen LogP contribution in [0.25, 0.3) is 0 Å². The molecule has 1 aromatic carbocycles. The average Bonchev–Trinajstić information content (AvgIpc) is 2.37. The topological polar surface area (TPSA) is 100 Å². The summed E-state index contributed by atoms with van der Waals surface area (Å²) in [7, 11) is -4.81. The van der Waals surface area contributed by atoms with Crippen LogP contribution in [-0.4, -0.2) is 16.5 Å². The third-order valence-corrected chi connectivity index (χ3v) is 4.87. The number of carbonyl (C=O) groups excluding carboxylic acids is 1. The number of rotatable bonds is 9. The summed E-state index contributed by atoms with van der Waals surface area (Å²) in [4.78, 5) is 33.0. The predicted molar refractivity (Wildman–Crippen MR) is 77.0 cm³/mol. The number of carbonyl (C=O) groups is 1. The molecule has 118 valence electrons. The van der Waals surface area contributed by atoms with E-state index in [9.17, 15) is 19.1 Å². The molecule has 0 aromatic heterocycles. The van der Waals surface area contributed by atoms with Crippen LogP contribution in [0.2, 0.25) is 0 Å². The summed E-state index contributed by atoms with van der Waals surface area (Å²) in [6.07, 6.45) is 4.22. The maximum absolute atomic E-state index is 11.1. The highest BCUT2D eigenvalue weighted by atomic mass is 31.2. The smallest absolute Gasteiger partial charge is 0.137 e. The van der Waals surface area contributed by atoms with Gasteiger partial charge in [0.2, 0.25) is 0 Å². The first-order valence-electron chi connectivity index (χ1n) is 7.11. The van der Waals surface area contributed by atoms with E-state index in [1.165, 1.54) is 0 Å². The molecule has 1 atom stereocenters. The van der Waals surface area contributed by atoms with Crippen LogP contribution in [0.3, 0.4) is 0 Å². The largest absolute Gasteiger partial charge is 0.810 e. The summed E-state index contributed by atoms with van der Waals surface area (Å²) < 4.78 is 10.9. The van der Waals surface area contributed by atoms with Crippen molar-refractivity contribution in [1.29, 1.82) is 0 Å². The molecule has 5 nitrogen and oxygen atoms in total. The third kappa shape index (κ3) is 6.89. The van der Waals surface area contributed by atoms with E-state index in [1.807, 2.05) is 12.1 Å². The van der Waals surface area contributed by atoms with E-state index >= 15 is 0 Å². The van der Waals surface area contributed by atoms with Gasteiger partial charge < -0.3 is 19.5 Å². The molecule has 0 aliphatic heterocycles. The molecule has 0 spiro atoms. The summed E-state index contributed by atoms with van der Waals surface area (Å²) in [6, 6.07) is 7.03. The lowest BCUT2D eigenvalue weighted by atomic mass is 10.0. The molecule has 0 amide bonds. The van der Waals surface area contributed by atoms with Crippen LogP contribution in [0.1, 0.15) is 44.6 Å². The van der Waals surface area contributed by atoms with Crippen molar-refractivity contribution >= 4 is 13.4 Å². The monoisotopic (exact) mass is 312 g/mol. The quantitative estimate of drug-likeness (QED) is 0.553. The molecule has 0 aliphatic carbocycles. The van der Waals surface area contributed by atoms with E-state index in [0.717, 1.165) is 38.2 Å². The molecule has 1 N–H and O–H groups in total. The predicted octanol–water partition coefficient (Wildman–Crippen LogP) is 1.76. The second kappa shape index (κ2) is 8.32. The molecule has 6 heteroatoms. The Bertz CT molecular complexity index is 491. The number of ketones is 1. The zero-order chi connectivity index (χ0) is 15.9. The van der Waals surface area contributed by atoms with Gasteiger partial charge in [0.25, 0.3) is 0 Å². The number of aryl methyl sites for hydroxylation is 1. The van der Waals surface area contributed by atoms with Crippen LogP contribution in [0.4, 0.5) is 0 Å². The van der Waals surface area contributed by atoms with Crippen molar-refractivity contribution in [1.82, 2.24) is 0 Å². The van der Waals surface area contributed by atoms with Crippen LogP contribution in [0.5, 0.6) is 5.75 Å². The van der Waals surface area contributed by atoms with Gasteiger partial charge in [-0.15, -0.1) is 0 Å². The van der Waals surface area contributed by atoms with Crippen LogP contribution in [-0.2, 0) is 15.8 Å². The van der Waals surface area contributed by atoms with E-state index < -0.39 is 19.0 Å². The number of hydrogen-bond donors (Lipinski definition) is 1. The number of hydrogen-bond acceptors (Lipinski definition) is 5. The normalized spacial score (nSPS) is 13.1. The molecule has 0 fully saturated rings. The lowest BCUT2D eigenvalue weighted by molar-refractivity contribution is -0.315. The molecule has 1 unspecified atom stereocenters. The number of phenolic OH excluding ortho intramolecular Hbond substituents is 1. The van der Waals surface area contributed by atoms with Gasteiger partial charge in [-0.3, -0.25) is 4.79 Å². The molecule has 0 heterocycles. The first-order chi connectivity index (χ1) is 9.80. The van der Waals surface area contributed by atoms with Crippen molar-refractivity contribution in [2.24, 2.45) is 0 Å². The highest BCUT2D eigenvalue weighted by Crippen LogP contribution is 2.35. The van der Waals surface area contributed by atoms with E-state index in [0.29, 0.717) is 6.42 Å². The van der Waals surface area contributed by atoms with Gasteiger partial charge in [0.05, 0.1) is 0 Å². The Labute approximate surface area is 125 Å². The van der Waals surface area contributed by atoms with Crippen molar-refractivity contribution < 1.29 is 24.3 Å². The highest BCUT2D eigenvalue weighted by Gasteiger charge is 2.17. The van der Waals surface area contributed by atoms with Gasteiger partial charge in [-0.05, 0) is 43.9 Å². The van der Waals surface area contributed by atoms with Crippen LogP contribution in [0, 0.1) is 0 Å². The number of unbranched alkanes of at least 4 members (excludes halogenated alkanes) is 3. The standard InChI is InChI=1S/C15H23O5P/c1-12(16)15(21(18,19)20)7-5-3-2-4-6-13-8-10-14(17)11-9-13/h8-11,15,17H,2-7H2,1H3,(H2,18,19,20)/p-2. The van der Waals surface area contributed by atoms with Crippen LogP contribution >= 0.6 is 7.60 Å². The molecule has 0 saturated carbocycles. The van der Waals surface area contributed by atoms with Crippen molar-refractivity contribution in [3.8, 4) is 5.75 Å². The third-order valence-electron chi connectivity index (χ3n) is 3.48. The molecular weight excluding hydrogens is 291 g/mol. The van der Waals surface area contributed by atoms with Gasteiger partial charge >= 0.3 is 0 Å². The minimum atomic E-state index is -4.81. The molecule has 0 radical (unpaired) electrons. The van der Waals surface area contributed by atoms with E-state index in [4.69, 9.17) is 5.11 Å².